The molecule has 0 atom stereocenters. The van der Waals surface area contributed by atoms with Crippen molar-refractivity contribution in [2.75, 3.05) is 13.1 Å². The standard InChI is InChI=1S/C24H35N3O3S/c1-23(2,3)18-14-17(15-19(16-18)24(4,5)6)21(28)27-11-8-20(9-12-27)31(29,30)22-25-10-13-26(22)7/h10,13-16,20H,8-9,11-12H2,1-7H3. The zero-order valence-electron chi connectivity index (χ0n) is 19.8. The Bertz CT molecular complexity index is 1030. The van der Waals surface area contributed by atoms with E-state index >= 15 is 0 Å². The van der Waals surface area contributed by atoms with Crippen LogP contribution >= 0.6 is 0 Å². The highest BCUT2D eigenvalue weighted by Gasteiger charge is 2.35. The van der Waals surface area contributed by atoms with Gasteiger partial charge in [-0.2, -0.15) is 0 Å². The molecule has 1 aromatic carbocycles. The van der Waals surface area contributed by atoms with E-state index in [0.717, 1.165) is 11.1 Å². The molecule has 2 heterocycles. The summed E-state index contributed by atoms with van der Waals surface area (Å²) in [5.74, 6) is -0.0237. The van der Waals surface area contributed by atoms with Crippen LogP contribution in [-0.4, -0.2) is 47.1 Å². The Balaban J connectivity index is 1.82. The minimum atomic E-state index is -3.50. The van der Waals surface area contributed by atoms with Gasteiger partial charge >= 0.3 is 0 Å². The van der Waals surface area contributed by atoms with E-state index in [4.69, 9.17) is 0 Å². The van der Waals surface area contributed by atoms with Gasteiger partial charge < -0.3 is 9.47 Å². The van der Waals surface area contributed by atoms with Crippen molar-refractivity contribution in [3.8, 4) is 0 Å². The van der Waals surface area contributed by atoms with Gasteiger partial charge in [0.25, 0.3) is 5.91 Å². The highest BCUT2D eigenvalue weighted by Crippen LogP contribution is 2.31. The number of imidazole rings is 1. The number of aromatic nitrogens is 2. The summed E-state index contributed by atoms with van der Waals surface area (Å²) in [5, 5.41) is -0.409. The van der Waals surface area contributed by atoms with Crippen LogP contribution in [-0.2, 0) is 27.7 Å². The lowest BCUT2D eigenvalue weighted by Crippen LogP contribution is -2.43. The quantitative estimate of drug-likeness (QED) is 0.713. The van der Waals surface area contributed by atoms with Crippen LogP contribution in [0.1, 0.15) is 75.9 Å². The molecule has 1 saturated heterocycles. The number of piperidine rings is 1. The van der Waals surface area contributed by atoms with Gasteiger partial charge in [0.05, 0.1) is 5.25 Å². The lowest BCUT2D eigenvalue weighted by Gasteiger charge is -2.32. The van der Waals surface area contributed by atoms with Crippen molar-refractivity contribution in [3.05, 3.63) is 47.3 Å². The minimum Gasteiger partial charge on any atom is -0.339 e. The van der Waals surface area contributed by atoms with Crippen molar-refractivity contribution in [2.45, 2.75) is 75.6 Å². The third kappa shape index (κ3) is 4.86. The molecule has 6 nitrogen and oxygen atoms in total. The number of likely N-dealkylation sites (tertiary alicyclic amines) is 1. The summed E-state index contributed by atoms with van der Waals surface area (Å²) in [6.45, 7) is 13.8. The third-order valence-electron chi connectivity index (χ3n) is 6.11. The fourth-order valence-corrected chi connectivity index (χ4v) is 5.74. The Hall–Kier alpha value is -2.15. The summed E-state index contributed by atoms with van der Waals surface area (Å²) in [5.41, 5.74) is 2.81. The molecule has 1 aliphatic rings. The van der Waals surface area contributed by atoms with Crippen LogP contribution in [0.15, 0.2) is 35.7 Å². The summed E-state index contributed by atoms with van der Waals surface area (Å²) in [6.07, 6.45) is 3.99. The SMILES string of the molecule is Cn1ccnc1S(=O)(=O)C1CCN(C(=O)c2cc(C(C)(C)C)cc(C(C)(C)C)c2)CC1. The second kappa shape index (κ2) is 8.08. The van der Waals surface area contributed by atoms with E-state index in [1.54, 1.807) is 22.7 Å². The number of carbonyl (C=O) groups is 1. The highest BCUT2D eigenvalue weighted by molar-refractivity contribution is 7.91. The van der Waals surface area contributed by atoms with Gasteiger partial charge in [-0.15, -0.1) is 0 Å². The molecular formula is C24H35N3O3S. The zero-order valence-corrected chi connectivity index (χ0v) is 20.6. The zero-order chi connectivity index (χ0) is 23.2. The number of carbonyl (C=O) groups excluding carboxylic acids is 1. The number of nitrogens with zero attached hydrogens (tertiary/aromatic N) is 3. The van der Waals surface area contributed by atoms with E-state index in [2.05, 4.69) is 52.6 Å². The molecule has 0 radical (unpaired) electrons. The number of benzene rings is 1. The van der Waals surface area contributed by atoms with Crippen molar-refractivity contribution in [1.82, 2.24) is 14.5 Å². The molecule has 7 heteroatoms. The van der Waals surface area contributed by atoms with E-state index in [-0.39, 0.29) is 21.9 Å². The summed E-state index contributed by atoms with van der Waals surface area (Å²) in [6, 6.07) is 6.19. The minimum absolute atomic E-state index is 0.0237. The number of sulfone groups is 1. The maximum Gasteiger partial charge on any atom is 0.253 e. The average Bonchev–Trinajstić information content (AvgIpc) is 3.12. The van der Waals surface area contributed by atoms with Gasteiger partial charge in [-0.3, -0.25) is 4.79 Å². The number of rotatable bonds is 3. The van der Waals surface area contributed by atoms with Gasteiger partial charge in [-0.05, 0) is 46.9 Å². The first kappa shape index (κ1) is 23.5. The predicted molar refractivity (Wildman–Crippen MR) is 123 cm³/mol. The van der Waals surface area contributed by atoms with E-state index in [1.165, 1.54) is 6.20 Å². The fourth-order valence-electron chi connectivity index (χ4n) is 3.94. The Morgan fingerprint density at radius 1 is 0.968 bits per heavy atom. The number of hydrogen-bond donors (Lipinski definition) is 0. The van der Waals surface area contributed by atoms with E-state index in [0.29, 0.717) is 31.5 Å². The first-order chi connectivity index (χ1) is 14.2. The van der Waals surface area contributed by atoms with Gasteiger partial charge in [0, 0.05) is 38.1 Å². The van der Waals surface area contributed by atoms with Gasteiger partial charge in [-0.25, -0.2) is 13.4 Å². The second-order valence-electron chi connectivity index (χ2n) is 10.7. The van der Waals surface area contributed by atoms with Crippen LogP contribution in [0.3, 0.4) is 0 Å². The van der Waals surface area contributed by atoms with Crippen molar-refractivity contribution >= 4 is 15.7 Å². The van der Waals surface area contributed by atoms with Crippen LogP contribution in [0.25, 0.3) is 0 Å². The largest absolute Gasteiger partial charge is 0.339 e. The van der Waals surface area contributed by atoms with E-state index < -0.39 is 15.1 Å². The van der Waals surface area contributed by atoms with Gasteiger partial charge in [0.1, 0.15) is 0 Å². The fraction of sp³-hybridized carbons (Fsp3) is 0.583. The molecule has 1 amide bonds. The monoisotopic (exact) mass is 445 g/mol. The maximum absolute atomic E-state index is 13.4. The van der Waals surface area contributed by atoms with Crippen LogP contribution < -0.4 is 0 Å². The lowest BCUT2D eigenvalue weighted by molar-refractivity contribution is 0.0725. The number of amides is 1. The third-order valence-corrected chi connectivity index (χ3v) is 8.36. The molecule has 2 aromatic rings. The van der Waals surface area contributed by atoms with E-state index in [9.17, 15) is 13.2 Å². The topological polar surface area (TPSA) is 72.3 Å². The Morgan fingerprint density at radius 3 is 1.90 bits per heavy atom. The van der Waals surface area contributed by atoms with Crippen molar-refractivity contribution in [1.29, 1.82) is 0 Å². The molecule has 170 valence electrons. The second-order valence-corrected chi connectivity index (χ2v) is 12.8. The van der Waals surface area contributed by atoms with Crippen molar-refractivity contribution < 1.29 is 13.2 Å². The Labute approximate surface area is 186 Å². The van der Waals surface area contributed by atoms with Crippen molar-refractivity contribution in [3.63, 3.8) is 0 Å². The molecule has 0 N–H and O–H groups in total. The Morgan fingerprint density at radius 2 is 1.48 bits per heavy atom. The van der Waals surface area contributed by atoms with Crippen LogP contribution in [0.2, 0.25) is 0 Å². The summed E-state index contributed by atoms with van der Waals surface area (Å²) in [7, 11) is -1.81. The maximum atomic E-state index is 13.4. The van der Waals surface area contributed by atoms with Crippen LogP contribution in [0.4, 0.5) is 0 Å². The first-order valence-electron chi connectivity index (χ1n) is 10.9. The normalized spacial score (nSPS) is 16.5. The van der Waals surface area contributed by atoms with Gasteiger partial charge in [0.2, 0.25) is 15.0 Å². The van der Waals surface area contributed by atoms with Crippen molar-refractivity contribution in [2.24, 2.45) is 7.05 Å². The van der Waals surface area contributed by atoms with Gasteiger partial charge in [-0.1, -0.05) is 47.6 Å². The smallest absolute Gasteiger partial charge is 0.253 e. The van der Waals surface area contributed by atoms with E-state index in [1.807, 2.05) is 12.1 Å². The predicted octanol–water partition coefficient (Wildman–Crippen LogP) is 4.09. The molecule has 1 aliphatic heterocycles. The molecule has 3 rings (SSSR count). The Kier molecular flexibility index (Phi) is 6.13. The van der Waals surface area contributed by atoms with Crippen LogP contribution in [0, 0.1) is 0 Å². The molecule has 0 saturated carbocycles. The molecule has 0 aliphatic carbocycles. The van der Waals surface area contributed by atoms with Gasteiger partial charge in [0.15, 0.2) is 0 Å². The van der Waals surface area contributed by atoms with Crippen LogP contribution in [0.5, 0.6) is 0 Å². The molecule has 1 fully saturated rings. The molecule has 0 spiro atoms. The molecule has 0 unspecified atom stereocenters. The molecule has 0 bridgehead atoms. The molecule has 1 aromatic heterocycles. The number of aryl methyl sites for hydroxylation is 1. The summed E-state index contributed by atoms with van der Waals surface area (Å²) in [4.78, 5) is 19.2. The number of hydrogen-bond acceptors (Lipinski definition) is 4. The molecule has 31 heavy (non-hydrogen) atoms. The highest BCUT2D eigenvalue weighted by atomic mass is 32.2. The first-order valence-corrected chi connectivity index (χ1v) is 12.4. The lowest BCUT2D eigenvalue weighted by atomic mass is 9.79. The molecular weight excluding hydrogens is 410 g/mol. The average molecular weight is 446 g/mol. The summed E-state index contributed by atoms with van der Waals surface area (Å²) < 4.78 is 27.4. The summed E-state index contributed by atoms with van der Waals surface area (Å²) >= 11 is 0.